The fourth-order valence-electron chi connectivity index (χ4n) is 1.25. The van der Waals surface area contributed by atoms with Gasteiger partial charge in [0.15, 0.2) is 0 Å². The molecule has 0 bridgehead atoms. The summed E-state index contributed by atoms with van der Waals surface area (Å²) < 4.78 is 27.9. The van der Waals surface area contributed by atoms with Gasteiger partial charge in [-0.2, -0.15) is 0 Å². The monoisotopic (exact) mass is 425 g/mol. The van der Waals surface area contributed by atoms with Gasteiger partial charge in [0.2, 0.25) is 0 Å². The maximum absolute atomic E-state index is 12.2. The normalized spacial score (nSPS) is 11.3. The second-order valence-corrected chi connectivity index (χ2v) is 7.18. The summed E-state index contributed by atoms with van der Waals surface area (Å²) in [5.74, 6) is 0. The Bertz CT molecular complexity index is 724. The Kier molecular flexibility index (Phi) is 4.44. The fraction of sp³-hybridized carbons (Fsp3) is 0. The van der Waals surface area contributed by atoms with Crippen molar-refractivity contribution in [1.82, 2.24) is 9.97 Å². The predicted molar refractivity (Wildman–Crippen MR) is 79.7 cm³/mol. The van der Waals surface area contributed by atoms with Crippen LogP contribution in [-0.4, -0.2) is 18.4 Å². The molecule has 0 unspecified atom stereocenters. The Balaban J connectivity index is 2.44. The summed E-state index contributed by atoms with van der Waals surface area (Å²) in [5, 5.41) is -0.0964. The minimum Gasteiger partial charge on any atom is -0.278 e. The Hall–Kier alpha value is -0.700. The second kappa shape index (κ2) is 5.74. The average molecular weight is 428 g/mol. The minimum absolute atomic E-state index is 0.0964. The molecule has 1 N–H and O–H groups in total. The third-order valence-electron chi connectivity index (χ3n) is 2.08. The molecule has 0 aliphatic carbocycles. The van der Waals surface area contributed by atoms with E-state index in [0.29, 0.717) is 14.6 Å². The highest BCUT2D eigenvalue weighted by molar-refractivity contribution is 9.10. The van der Waals surface area contributed by atoms with Crippen LogP contribution in [0.25, 0.3) is 0 Å². The summed E-state index contributed by atoms with van der Waals surface area (Å²) in [5.41, 5.74) is 0.367. The maximum atomic E-state index is 12.2. The molecule has 0 radical (unpaired) electrons. The molecule has 2 aromatic rings. The van der Waals surface area contributed by atoms with Crippen LogP contribution >= 0.6 is 43.5 Å². The van der Waals surface area contributed by atoms with Crippen LogP contribution < -0.4 is 4.72 Å². The van der Waals surface area contributed by atoms with Crippen LogP contribution in [0.3, 0.4) is 0 Å². The van der Waals surface area contributed by atoms with Gasteiger partial charge in [0.25, 0.3) is 10.0 Å². The first-order chi connectivity index (χ1) is 8.90. The van der Waals surface area contributed by atoms with Gasteiger partial charge < -0.3 is 0 Å². The smallest absolute Gasteiger partial charge is 0.265 e. The molecule has 2 aromatic heterocycles. The topological polar surface area (TPSA) is 72.0 Å². The Morgan fingerprint density at radius 2 is 2.00 bits per heavy atom. The van der Waals surface area contributed by atoms with Gasteiger partial charge in [-0.05, 0) is 44.0 Å². The first-order valence-electron chi connectivity index (χ1n) is 4.83. The zero-order valence-corrected chi connectivity index (χ0v) is 13.9. The number of rotatable bonds is 3. The Morgan fingerprint density at radius 1 is 1.26 bits per heavy atom. The van der Waals surface area contributed by atoms with Crippen LogP contribution in [0.5, 0.6) is 0 Å². The third-order valence-corrected chi connectivity index (χ3v) is 4.94. The molecule has 0 saturated heterocycles. The van der Waals surface area contributed by atoms with Crippen LogP contribution in [-0.2, 0) is 10.0 Å². The zero-order valence-electron chi connectivity index (χ0n) is 9.14. The van der Waals surface area contributed by atoms with E-state index in [1.165, 1.54) is 30.7 Å². The molecule has 0 atom stereocenters. The van der Waals surface area contributed by atoms with E-state index in [1.807, 2.05) is 0 Å². The lowest BCUT2D eigenvalue weighted by Gasteiger charge is -2.10. The third kappa shape index (κ3) is 3.44. The summed E-state index contributed by atoms with van der Waals surface area (Å²) in [6.45, 7) is 0. The fourth-order valence-corrected chi connectivity index (χ4v) is 3.76. The largest absolute Gasteiger partial charge is 0.278 e. The van der Waals surface area contributed by atoms with Crippen molar-refractivity contribution in [3.63, 3.8) is 0 Å². The second-order valence-electron chi connectivity index (χ2n) is 3.40. The predicted octanol–water partition coefficient (Wildman–Crippen LogP) is 3.46. The number of halogens is 3. The molecule has 100 valence electrons. The molecule has 2 heterocycles. The van der Waals surface area contributed by atoms with E-state index in [2.05, 4.69) is 46.5 Å². The number of anilines is 1. The van der Waals surface area contributed by atoms with Crippen molar-refractivity contribution < 1.29 is 8.42 Å². The SMILES string of the molecule is O=S(=O)(Nc1ccncc1Br)c1cc(Br)cnc1Cl. The van der Waals surface area contributed by atoms with Gasteiger partial charge in [0.05, 0.1) is 10.2 Å². The van der Waals surface area contributed by atoms with Crippen LogP contribution in [0.2, 0.25) is 5.15 Å². The van der Waals surface area contributed by atoms with E-state index < -0.39 is 10.0 Å². The number of aromatic nitrogens is 2. The Morgan fingerprint density at radius 3 is 2.68 bits per heavy atom. The molecular formula is C10H6Br2ClN3O2S. The van der Waals surface area contributed by atoms with Crippen molar-refractivity contribution in [2.45, 2.75) is 4.90 Å². The van der Waals surface area contributed by atoms with Crippen molar-refractivity contribution in [3.05, 3.63) is 44.8 Å². The lowest BCUT2D eigenvalue weighted by Crippen LogP contribution is -2.14. The molecular weight excluding hydrogens is 421 g/mol. The van der Waals surface area contributed by atoms with Crippen molar-refractivity contribution in [2.24, 2.45) is 0 Å². The van der Waals surface area contributed by atoms with E-state index in [1.54, 1.807) is 0 Å². The van der Waals surface area contributed by atoms with E-state index in [9.17, 15) is 8.42 Å². The van der Waals surface area contributed by atoms with E-state index in [0.717, 1.165) is 0 Å². The summed E-state index contributed by atoms with van der Waals surface area (Å²) in [6, 6.07) is 2.91. The molecule has 0 saturated carbocycles. The van der Waals surface area contributed by atoms with Crippen molar-refractivity contribution in [1.29, 1.82) is 0 Å². The van der Waals surface area contributed by atoms with E-state index >= 15 is 0 Å². The molecule has 0 aliphatic heterocycles. The number of hydrogen-bond donors (Lipinski definition) is 1. The highest BCUT2D eigenvalue weighted by Gasteiger charge is 2.20. The maximum Gasteiger partial charge on any atom is 0.265 e. The minimum atomic E-state index is -3.82. The first-order valence-corrected chi connectivity index (χ1v) is 8.28. The Labute approximate surface area is 131 Å². The summed E-state index contributed by atoms with van der Waals surface area (Å²) in [7, 11) is -3.82. The standard InChI is InChI=1S/C10H6Br2ClN3O2S/c11-6-3-9(10(13)15-4-6)19(17,18)16-8-1-2-14-5-7(8)12/h1-5H,(H,14,16). The molecule has 2 rings (SSSR count). The van der Waals surface area contributed by atoms with Gasteiger partial charge >= 0.3 is 0 Å². The van der Waals surface area contributed by atoms with Crippen molar-refractivity contribution >= 4 is 59.2 Å². The van der Waals surface area contributed by atoms with Crippen LogP contribution in [0.1, 0.15) is 0 Å². The van der Waals surface area contributed by atoms with Gasteiger partial charge in [-0.3, -0.25) is 9.71 Å². The van der Waals surface area contributed by atoms with Crippen molar-refractivity contribution in [3.8, 4) is 0 Å². The number of nitrogens with one attached hydrogen (secondary N) is 1. The molecule has 0 aliphatic rings. The van der Waals surface area contributed by atoms with Crippen LogP contribution in [0.15, 0.2) is 44.6 Å². The van der Waals surface area contributed by atoms with Gasteiger partial charge in [-0.1, -0.05) is 11.6 Å². The summed E-state index contributed by atoms with van der Waals surface area (Å²) in [6.07, 6.45) is 4.38. The van der Waals surface area contributed by atoms with Gasteiger partial charge in [-0.25, -0.2) is 13.4 Å². The summed E-state index contributed by atoms with van der Waals surface area (Å²) >= 11 is 12.2. The van der Waals surface area contributed by atoms with Gasteiger partial charge in [-0.15, -0.1) is 0 Å². The number of pyridine rings is 2. The number of sulfonamides is 1. The zero-order chi connectivity index (χ0) is 14.0. The molecule has 0 fully saturated rings. The highest BCUT2D eigenvalue weighted by Crippen LogP contribution is 2.27. The average Bonchev–Trinajstić information content (AvgIpc) is 2.35. The quantitative estimate of drug-likeness (QED) is 0.762. The van der Waals surface area contributed by atoms with E-state index in [-0.39, 0.29) is 10.0 Å². The van der Waals surface area contributed by atoms with Gasteiger partial charge in [0.1, 0.15) is 10.0 Å². The number of hydrogen-bond acceptors (Lipinski definition) is 4. The molecule has 9 heteroatoms. The van der Waals surface area contributed by atoms with Crippen molar-refractivity contribution in [2.75, 3.05) is 4.72 Å². The molecule has 0 amide bonds. The lowest BCUT2D eigenvalue weighted by molar-refractivity contribution is 0.601. The summed E-state index contributed by atoms with van der Waals surface area (Å²) in [4.78, 5) is 7.53. The molecule has 0 aromatic carbocycles. The van der Waals surface area contributed by atoms with Crippen LogP contribution in [0, 0.1) is 0 Å². The highest BCUT2D eigenvalue weighted by atomic mass is 79.9. The molecule has 5 nitrogen and oxygen atoms in total. The van der Waals surface area contributed by atoms with Gasteiger partial charge in [0, 0.05) is 23.1 Å². The number of nitrogens with zero attached hydrogens (tertiary/aromatic N) is 2. The molecule has 19 heavy (non-hydrogen) atoms. The van der Waals surface area contributed by atoms with Crippen LogP contribution in [0.4, 0.5) is 5.69 Å². The lowest BCUT2D eigenvalue weighted by atomic mass is 10.4. The molecule has 0 spiro atoms. The van der Waals surface area contributed by atoms with E-state index in [4.69, 9.17) is 11.6 Å². The first kappa shape index (κ1) is 14.7.